The van der Waals surface area contributed by atoms with Crippen LogP contribution in [0.25, 0.3) is 0 Å². The number of nitrogens with zero attached hydrogens (tertiary/aromatic N) is 2. The number of benzene rings is 1. The van der Waals surface area contributed by atoms with Crippen LogP contribution in [-0.2, 0) is 10.0 Å². The van der Waals surface area contributed by atoms with E-state index in [2.05, 4.69) is 15.6 Å². The molecule has 156 valence electrons. The number of methoxy groups -OCH3 is 2. The van der Waals surface area contributed by atoms with E-state index in [0.29, 0.717) is 43.5 Å². The standard InChI is InChI=1S/C17H30N4O4S.HI/c1-6-18-17(19-11-8-12-21(3)26(22,23)7-2)20-14-9-10-15(24-4)16(13-14)25-5;/h9-10,13H,6-8,11-12H2,1-5H3,(H2,18,19,20);1H. The maximum Gasteiger partial charge on any atom is 0.213 e. The van der Waals surface area contributed by atoms with Crippen LogP contribution in [0.2, 0.25) is 0 Å². The van der Waals surface area contributed by atoms with E-state index in [9.17, 15) is 8.42 Å². The Morgan fingerprint density at radius 1 is 1.19 bits per heavy atom. The molecule has 0 aliphatic rings. The summed E-state index contributed by atoms with van der Waals surface area (Å²) >= 11 is 0. The van der Waals surface area contributed by atoms with Gasteiger partial charge in [-0.25, -0.2) is 12.7 Å². The first-order chi connectivity index (χ1) is 12.4. The van der Waals surface area contributed by atoms with Crippen molar-refractivity contribution in [3.63, 3.8) is 0 Å². The summed E-state index contributed by atoms with van der Waals surface area (Å²) in [6.07, 6.45) is 0.637. The lowest BCUT2D eigenvalue weighted by molar-refractivity contribution is 0.355. The molecular weight excluding hydrogens is 483 g/mol. The second-order valence-electron chi connectivity index (χ2n) is 5.53. The molecule has 0 amide bonds. The van der Waals surface area contributed by atoms with Gasteiger partial charge in [0.2, 0.25) is 10.0 Å². The highest BCUT2D eigenvalue weighted by molar-refractivity contribution is 14.0. The summed E-state index contributed by atoms with van der Waals surface area (Å²) in [7, 11) is 1.62. The molecule has 0 spiro atoms. The zero-order valence-corrected chi connectivity index (χ0v) is 19.8. The molecule has 1 aromatic rings. The van der Waals surface area contributed by atoms with Gasteiger partial charge in [-0.15, -0.1) is 24.0 Å². The van der Waals surface area contributed by atoms with Gasteiger partial charge in [-0.1, -0.05) is 0 Å². The lowest BCUT2D eigenvalue weighted by Gasteiger charge is -2.16. The lowest BCUT2D eigenvalue weighted by atomic mass is 10.3. The molecule has 10 heteroatoms. The highest BCUT2D eigenvalue weighted by Crippen LogP contribution is 2.29. The van der Waals surface area contributed by atoms with Gasteiger partial charge in [-0.2, -0.15) is 0 Å². The van der Waals surface area contributed by atoms with E-state index in [1.165, 1.54) is 4.31 Å². The Kier molecular flexibility index (Phi) is 12.4. The summed E-state index contributed by atoms with van der Waals surface area (Å²) in [6.45, 7) is 5.28. The van der Waals surface area contributed by atoms with E-state index in [0.717, 1.165) is 5.69 Å². The number of hydrogen-bond donors (Lipinski definition) is 2. The van der Waals surface area contributed by atoms with Crippen LogP contribution in [0.1, 0.15) is 20.3 Å². The average Bonchev–Trinajstić information content (AvgIpc) is 2.64. The zero-order chi connectivity index (χ0) is 19.6. The third-order valence-electron chi connectivity index (χ3n) is 3.73. The molecule has 0 fully saturated rings. The second-order valence-corrected chi connectivity index (χ2v) is 7.90. The minimum absolute atomic E-state index is 0. The summed E-state index contributed by atoms with van der Waals surface area (Å²) in [5, 5.41) is 6.37. The van der Waals surface area contributed by atoms with E-state index in [-0.39, 0.29) is 29.7 Å². The van der Waals surface area contributed by atoms with Crippen LogP contribution in [0.3, 0.4) is 0 Å². The van der Waals surface area contributed by atoms with Crippen molar-refractivity contribution < 1.29 is 17.9 Å². The SMILES string of the molecule is CCNC(=NCCCN(C)S(=O)(=O)CC)Nc1ccc(OC)c(OC)c1.I. The number of nitrogens with one attached hydrogen (secondary N) is 2. The minimum atomic E-state index is -3.14. The molecule has 0 atom stereocenters. The topological polar surface area (TPSA) is 92.3 Å². The number of halogens is 1. The first kappa shape index (κ1) is 25.7. The second kappa shape index (κ2) is 13.0. The quantitative estimate of drug-likeness (QED) is 0.216. The Balaban J connectivity index is 0.00000676. The monoisotopic (exact) mass is 514 g/mol. The van der Waals surface area contributed by atoms with Gasteiger partial charge < -0.3 is 20.1 Å². The van der Waals surface area contributed by atoms with Gasteiger partial charge in [0.15, 0.2) is 17.5 Å². The number of aliphatic imine (C=N–C) groups is 1. The van der Waals surface area contributed by atoms with E-state index >= 15 is 0 Å². The highest BCUT2D eigenvalue weighted by Gasteiger charge is 2.13. The molecule has 0 aliphatic carbocycles. The van der Waals surface area contributed by atoms with Crippen LogP contribution in [0.4, 0.5) is 5.69 Å². The first-order valence-corrected chi connectivity index (χ1v) is 10.2. The molecule has 0 aliphatic heterocycles. The molecule has 0 saturated heterocycles. The highest BCUT2D eigenvalue weighted by atomic mass is 127. The van der Waals surface area contributed by atoms with E-state index in [1.54, 1.807) is 28.2 Å². The van der Waals surface area contributed by atoms with Gasteiger partial charge >= 0.3 is 0 Å². The molecule has 0 unspecified atom stereocenters. The maximum absolute atomic E-state index is 11.7. The van der Waals surface area contributed by atoms with Crippen molar-refractivity contribution in [1.82, 2.24) is 9.62 Å². The molecular formula is C17H31IN4O4S. The largest absolute Gasteiger partial charge is 0.493 e. The predicted octanol–water partition coefficient (Wildman–Crippen LogP) is 2.37. The summed E-state index contributed by atoms with van der Waals surface area (Å²) in [5.41, 5.74) is 0.813. The third-order valence-corrected chi connectivity index (χ3v) is 5.59. The molecule has 1 aromatic carbocycles. The Hall–Kier alpha value is -1.27. The molecule has 0 heterocycles. The third kappa shape index (κ3) is 8.52. The summed E-state index contributed by atoms with van der Waals surface area (Å²) in [5.74, 6) is 2.01. The number of anilines is 1. The van der Waals surface area contributed by atoms with Gasteiger partial charge in [0.1, 0.15) is 0 Å². The van der Waals surface area contributed by atoms with Crippen molar-refractivity contribution in [3.05, 3.63) is 18.2 Å². The Labute approximate surface area is 179 Å². The van der Waals surface area contributed by atoms with Crippen molar-refractivity contribution in [2.75, 3.05) is 52.0 Å². The molecule has 0 aromatic heterocycles. The van der Waals surface area contributed by atoms with Crippen LogP contribution >= 0.6 is 24.0 Å². The van der Waals surface area contributed by atoms with Crippen LogP contribution in [0.15, 0.2) is 23.2 Å². The molecule has 0 bridgehead atoms. The van der Waals surface area contributed by atoms with E-state index < -0.39 is 10.0 Å². The number of hydrogen-bond acceptors (Lipinski definition) is 5. The Bertz CT molecular complexity index is 698. The molecule has 2 N–H and O–H groups in total. The van der Waals surface area contributed by atoms with Crippen molar-refractivity contribution in [2.45, 2.75) is 20.3 Å². The number of rotatable bonds is 10. The van der Waals surface area contributed by atoms with E-state index in [1.807, 2.05) is 25.1 Å². The Morgan fingerprint density at radius 2 is 1.85 bits per heavy atom. The minimum Gasteiger partial charge on any atom is -0.493 e. The molecule has 27 heavy (non-hydrogen) atoms. The van der Waals surface area contributed by atoms with Crippen molar-refractivity contribution in [3.8, 4) is 11.5 Å². The normalized spacial score (nSPS) is 11.7. The molecule has 1 rings (SSSR count). The smallest absolute Gasteiger partial charge is 0.213 e. The van der Waals surface area contributed by atoms with Gasteiger partial charge in [-0.05, 0) is 32.4 Å². The van der Waals surface area contributed by atoms with Gasteiger partial charge in [0, 0.05) is 38.4 Å². The van der Waals surface area contributed by atoms with Gasteiger partial charge in [0.05, 0.1) is 20.0 Å². The van der Waals surface area contributed by atoms with Crippen molar-refractivity contribution >= 4 is 45.6 Å². The zero-order valence-electron chi connectivity index (χ0n) is 16.6. The average molecular weight is 514 g/mol. The van der Waals surface area contributed by atoms with Crippen LogP contribution in [0, 0.1) is 0 Å². The summed E-state index contributed by atoms with van der Waals surface area (Å²) in [6, 6.07) is 5.51. The number of ether oxygens (including phenoxy) is 2. The fourth-order valence-electron chi connectivity index (χ4n) is 2.20. The molecule has 0 saturated carbocycles. The predicted molar refractivity (Wildman–Crippen MR) is 121 cm³/mol. The fourth-order valence-corrected chi connectivity index (χ4v) is 3.05. The van der Waals surface area contributed by atoms with Gasteiger partial charge in [-0.3, -0.25) is 4.99 Å². The van der Waals surface area contributed by atoms with E-state index in [4.69, 9.17) is 9.47 Å². The Morgan fingerprint density at radius 3 is 2.41 bits per heavy atom. The van der Waals surface area contributed by atoms with Crippen LogP contribution < -0.4 is 20.1 Å². The molecule has 0 radical (unpaired) electrons. The first-order valence-electron chi connectivity index (χ1n) is 8.59. The maximum atomic E-state index is 11.7. The van der Waals surface area contributed by atoms with Crippen molar-refractivity contribution in [1.29, 1.82) is 0 Å². The summed E-state index contributed by atoms with van der Waals surface area (Å²) < 4.78 is 35.4. The lowest BCUT2D eigenvalue weighted by Crippen LogP contribution is -2.32. The summed E-state index contributed by atoms with van der Waals surface area (Å²) in [4.78, 5) is 4.49. The number of guanidine groups is 1. The van der Waals surface area contributed by atoms with Crippen LogP contribution in [-0.4, -0.2) is 65.3 Å². The van der Waals surface area contributed by atoms with Crippen LogP contribution in [0.5, 0.6) is 11.5 Å². The number of sulfonamides is 1. The van der Waals surface area contributed by atoms with Crippen molar-refractivity contribution in [2.24, 2.45) is 4.99 Å². The fraction of sp³-hybridized carbons (Fsp3) is 0.588. The van der Waals surface area contributed by atoms with Gasteiger partial charge in [0.25, 0.3) is 0 Å². The molecule has 8 nitrogen and oxygen atoms in total.